The van der Waals surface area contributed by atoms with E-state index in [0.717, 1.165) is 16.7 Å². The van der Waals surface area contributed by atoms with E-state index in [2.05, 4.69) is 5.32 Å². The van der Waals surface area contributed by atoms with E-state index in [0.29, 0.717) is 6.54 Å². The second-order valence-corrected chi connectivity index (χ2v) is 5.11. The molecule has 2 N–H and O–H groups in total. The van der Waals surface area contributed by atoms with E-state index in [4.69, 9.17) is 5.11 Å². The number of hydrogen-bond acceptors (Lipinski definition) is 4. The van der Waals surface area contributed by atoms with Gasteiger partial charge >= 0.3 is 18.0 Å². The van der Waals surface area contributed by atoms with Crippen LogP contribution in [-0.4, -0.2) is 56.8 Å². The van der Waals surface area contributed by atoms with Gasteiger partial charge in [0, 0.05) is 12.6 Å². The van der Waals surface area contributed by atoms with E-state index < -0.39 is 17.5 Å². The minimum atomic E-state index is -0.982. The number of aliphatic carboxylic acids is 1. The molecule has 1 aliphatic heterocycles. The molecule has 0 aromatic rings. The van der Waals surface area contributed by atoms with Gasteiger partial charge in [0.2, 0.25) is 0 Å². The summed E-state index contributed by atoms with van der Waals surface area (Å²) in [7, 11) is 0. The number of amides is 4. The fourth-order valence-electron chi connectivity index (χ4n) is 1.62. The molecule has 1 atom stereocenters. The van der Waals surface area contributed by atoms with Crippen molar-refractivity contribution in [3.8, 4) is 0 Å². The highest BCUT2D eigenvalue weighted by molar-refractivity contribution is 8.00. The molecule has 8 heteroatoms. The lowest BCUT2D eigenvalue weighted by Gasteiger charge is -2.41. The Hall–Kier alpha value is -1.44. The van der Waals surface area contributed by atoms with Crippen LogP contribution in [0, 0.1) is 0 Å². The summed E-state index contributed by atoms with van der Waals surface area (Å²) < 4.78 is 0. The second-order valence-electron chi connectivity index (χ2n) is 4.04. The Balaban J connectivity index is 2.81. The third kappa shape index (κ3) is 3.06. The fourth-order valence-corrected chi connectivity index (χ4v) is 2.52. The Labute approximate surface area is 109 Å². The lowest BCUT2D eigenvalue weighted by Crippen LogP contribution is -2.65. The molecular formula is C10H17N3O4S. The molecule has 102 valence electrons. The molecule has 7 nitrogen and oxygen atoms in total. The summed E-state index contributed by atoms with van der Waals surface area (Å²) in [4.78, 5) is 37.0. The van der Waals surface area contributed by atoms with Crippen molar-refractivity contribution in [2.45, 2.75) is 32.3 Å². The second kappa shape index (κ2) is 5.94. The van der Waals surface area contributed by atoms with Crippen LogP contribution in [0.4, 0.5) is 9.59 Å². The highest BCUT2D eigenvalue weighted by Gasteiger charge is 2.39. The molecule has 0 saturated carbocycles. The van der Waals surface area contributed by atoms with Crippen molar-refractivity contribution in [3.63, 3.8) is 0 Å². The lowest BCUT2D eigenvalue weighted by atomic mass is 10.3. The number of thioether (sulfide) groups is 1. The summed E-state index contributed by atoms with van der Waals surface area (Å²) in [6.45, 7) is 5.67. The quantitative estimate of drug-likeness (QED) is 0.780. The lowest BCUT2D eigenvalue weighted by molar-refractivity contribution is -0.133. The average Bonchev–Trinajstić information content (AvgIpc) is 2.25. The number of hydrogen-bond donors (Lipinski definition) is 2. The third-order valence-corrected chi connectivity index (χ3v) is 3.52. The molecule has 4 amide bonds. The first-order valence-corrected chi connectivity index (χ1v) is 6.67. The Kier molecular flexibility index (Phi) is 4.83. The molecular weight excluding hydrogens is 258 g/mol. The van der Waals surface area contributed by atoms with Gasteiger partial charge in [-0.2, -0.15) is 0 Å². The van der Waals surface area contributed by atoms with Crippen LogP contribution in [0.3, 0.4) is 0 Å². The molecule has 0 bridgehead atoms. The van der Waals surface area contributed by atoms with Gasteiger partial charge in [0.25, 0.3) is 0 Å². The SMILES string of the molecule is CCN1C(=O)N(C(C)C)C(=O)NC1SCC(=O)O. The van der Waals surface area contributed by atoms with Crippen LogP contribution in [0.2, 0.25) is 0 Å². The summed E-state index contributed by atoms with van der Waals surface area (Å²) in [5.74, 6) is -1.15. The average molecular weight is 275 g/mol. The molecule has 0 aromatic heterocycles. The van der Waals surface area contributed by atoms with Crippen molar-refractivity contribution in [1.29, 1.82) is 0 Å². The summed E-state index contributed by atoms with van der Waals surface area (Å²) in [5.41, 5.74) is -0.624. The normalized spacial score (nSPS) is 20.3. The summed E-state index contributed by atoms with van der Waals surface area (Å²) in [6.07, 6.45) is 0. The Morgan fingerprint density at radius 3 is 2.56 bits per heavy atom. The topological polar surface area (TPSA) is 90.0 Å². The van der Waals surface area contributed by atoms with Gasteiger partial charge in [-0.05, 0) is 20.8 Å². The van der Waals surface area contributed by atoms with Gasteiger partial charge in [0.05, 0.1) is 5.75 Å². The van der Waals surface area contributed by atoms with Gasteiger partial charge in [0.15, 0.2) is 5.50 Å². The number of carbonyl (C=O) groups is 3. The van der Waals surface area contributed by atoms with Crippen LogP contribution in [0.25, 0.3) is 0 Å². The first kappa shape index (κ1) is 14.6. The maximum Gasteiger partial charge on any atom is 0.330 e. The number of imide groups is 1. The van der Waals surface area contributed by atoms with E-state index >= 15 is 0 Å². The number of rotatable bonds is 5. The minimum Gasteiger partial charge on any atom is -0.481 e. The number of nitrogens with zero attached hydrogens (tertiary/aromatic N) is 2. The van der Waals surface area contributed by atoms with Crippen molar-refractivity contribution in [2.75, 3.05) is 12.3 Å². The van der Waals surface area contributed by atoms with Crippen LogP contribution in [0.5, 0.6) is 0 Å². The summed E-state index contributed by atoms with van der Waals surface area (Å²) >= 11 is 1.01. The first-order chi connectivity index (χ1) is 8.38. The number of urea groups is 2. The predicted octanol–water partition coefficient (Wildman–Crippen LogP) is 0.963. The molecule has 18 heavy (non-hydrogen) atoms. The first-order valence-electron chi connectivity index (χ1n) is 5.62. The summed E-state index contributed by atoms with van der Waals surface area (Å²) in [6, 6.07) is -1.11. The van der Waals surface area contributed by atoms with E-state index in [1.54, 1.807) is 20.8 Å². The van der Waals surface area contributed by atoms with Gasteiger partial charge < -0.3 is 10.4 Å². The maximum absolute atomic E-state index is 12.1. The van der Waals surface area contributed by atoms with Crippen molar-refractivity contribution in [3.05, 3.63) is 0 Å². The summed E-state index contributed by atoms with van der Waals surface area (Å²) in [5, 5.41) is 11.3. The molecule has 1 aliphatic rings. The number of nitrogens with one attached hydrogen (secondary N) is 1. The van der Waals surface area contributed by atoms with Crippen LogP contribution >= 0.6 is 11.8 Å². The zero-order valence-electron chi connectivity index (χ0n) is 10.5. The number of carbonyl (C=O) groups excluding carboxylic acids is 2. The van der Waals surface area contributed by atoms with E-state index in [-0.39, 0.29) is 17.8 Å². The zero-order chi connectivity index (χ0) is 13.9. The van der Waals surface area contributed by atoms with Gasteiger partial charge in [-0.1, -0.05) is 0 Å². The molecule has 0 aromatic carbocycles. The van der Waals surface area contributed by atoms with Crippen LogP contribution in [0.15, 0.2) is 0 Å². The Bertz CT molecular complexity index is 361. The molecule has 1 unspecified atom stereocenters. The smallest absolute Gasteiger partial charge is 0.330 e. The largest absolute Gasteiger partial charge is 0.481 e. The van der Waals surface area contributed by atoms with E-state index in [9.17, 15) is 14.4 Å². The van der Waals surface area contributed by atoms with E-state index in [1.165, 1.54) is 4.90 Å². The monoisotopic (exact) mass is 275 g/mol. The Morgan fingerprint density at radius 2 is 2.11 bits per heavy atom. The molecule has 1 fully saturated rings. The van der Waals surface area contributed by atoms with Gasteiger partial charge in [-0.25, -0.2) is 14.5 Å². The van der Waals surface area contributed by atoms with Crippen molar-refractivity contribution in [1.82, 2.24) is 15.1 Å². The number of carboxylic acids is 1. The molecule has 1 saturated heterocycles. The van der Waals surface area contributed by atoms with Crippen LogP contribution in [0.1, 0.15) is 20.8 Å². The van der Waals surface area contributed by atoms with Gasteiger partial charge in [0.1, 0.15) is 0 Å². The van der Waals surface area contributed by atoms with E-state index in [1.807, 2.05) is 0 Å². The molecule has 0 aliphatic carbocycles. The van der Waals surface area contributed by atoms with Gasteiger partial charge in [-0.3, -0.25) is 9.69 Å². The van der Waals surface area contributed by atoms with Crippen LogP contribution in [-0.2, 0) is 4.79 Å². The van der Waals surface area contributed by atoms with Crippen LogP contribution < -0.4 is 5.32 Å². The predicted molar refractivity (Wildman–Crippen MR) is 67.2 cm³/mol. The Morgan fingerprint density at radius 1 is 1.50 bits per heavy atom. The van der Waals surface area contributed by atoms with Crippen molar-refractivity contribution >= 4 is 29.8 Å². The van der Waals surface area contributed by atoms with Crippen molar-refractivity contribution < 1.29 is 19.5 Å². The van der Waals surface area contributed by atoms with Crippen molar-refractivity contribution in [2.24, 2.45) is 0 Å². The fraction of sp³-hybridized carbons (Fsp3) is 0.700. The maximum atomic E-state index is 12.1. The third-order valence-electron chi connectivity index (χ3n) is 2.42. The zero-order valence-corrected chi connectivity index (χ0v) is 11.4. The highest BCUT2D eigenvalue weighted by Crippen LogP contribution is 2.21. The highest BCUT2D eigenvalue weighted by atomic mass is 32.2. The standard InChI is InChI=1S/C10H17N3O4S/c1-4-12-9(18-5-7(14)15)11-8(16)13(6(2)3)10(12)17/h6,9H,4-5H2,1-3H3,(H,11,16)(H,14,15). The number of carboxylic acid groups (broad SMARTS) is 1. The molecule has 1 rings (SSSR count). The molecule has 1 heterocycles. The molecule has 0 radical (unpaired) electrons. The minimum absolute atomic E-state index is 0.170. The van der Waals surface area contributed by atoms with Gasteiger partial charge in [-0.15, -0.1) is 11.8 Å². The molecule has 0 spiro atoms.